The molecule has 0 aromatic carbocycles. The van der Waals surface area contributed by atoms with Gasteiger partial charge in [0.2, 0.25) is 5.95 Å². The summed E-state index contributed by atoms with van der Waals surface area (Å²) in [6.45, 7) is 4.91. The maximum absolute atomic E-state index is 15.2. The standard InChI is InChI=1S/C15H23FN5O5P/c1-4-8-9(16)14(25-11(8)7(3)26-27(23,24)5-2)21-6-18-10-12(21)19-15(17)20-13(10)22/h6-9,11,14H,4-5H2,1-3H3,(H,23,24)(H3,17,19,20,22). The Balaban J connectivity index is 1.94. The lowest BCUT2D eigenvalue weighted by atomic mass is 9.93. The number of nitrogens with zero attached hydrogens (tertiary/aromatic N) is 3. The molecule has 4 N–H and O–H groups in total. The molecule has 0 aliphatic carbocycles. The van der Waals surface area contributed by atoms with E-state index in [1.54, 1.807) is 13.8 Å². The number of H-pyrrole nitrogens is 1. The van der Waals surface area contributed by atoms with Crippen LogP contribution in [0.1, 0.15) is 33.4 Å². The number of alkyl halides is 1. The van der Waals surface area contributed by atoms with Gasteiger partial charge in [-0.3, -0.25) is 18.9 Å². The van der Waals surface area contributed by atoms with Crippen LogP contribution in [-0.2, 0) is 13.8 Å². The van der Waals surface area contributed by atoms with Gasteiger partial charge in [0, 0.05) is 12.1 Å². The highest BCUT2D eigenvalue weighted by Crippen LogP contribution is 2.47. The lowest BCUT2D eigenvalue weighted by Crippen LogP contribution is -2.32. The van der Waals surface area contributed by atoms with E-state index in [1.165, 1.54) is 17.8 Å². The van der Waals surface area contributed by atoms with Gasteiger partial charge in [0.1, 0.15) is 0 Å². The summed E-state index contributed by atoms with van der Waals surface area (Å²) < 4.78 is 39.5. The summed E-state index contributed by atoms with van der Waals surface area (Å²) in [5.41, 5.74) is 5.17. The van der Waals surface area contributed by atoms with Gasteiger partial charge in [-0.2, -0.15) is 4.98 Å². The fourth-order valence-electron chi connectivity index (χ4n) is 3.39. The fraction of sp³-hybridized carbons (Fsp3) is 0.667. The smallest absolute Gasteiger partial charge is 0.328 e. The summed E-state index contributed by atoms with van der Waals surface area (Å²) in [6.07, 6.45) is -2.46. The summed E-state index contributed by atoms with van der Waals surface area (Å²) in [6, 6.07) is 0. The minimum atomic E-state index is -3.77. The molecular formula is C15H23FN5O5P. The largest absolute Gasteiger partial charge is 0.369 e. The zero-order chi connectivity index (χ0) is 19.9. The molecular weight excluding hydrogens is 380 g/mol. The first-order chi connectivity index (χ1) is 12.7. The van der Waals surface area contributed by atoms with E-state index < -0.39 is 43.7 Å². The maximum atomic E-state index is 15.2. The number of nitrogen functional groups attached to an aromatic ring is 1. The van der Waals surface area contributed by atoms with E-state index in [0.29, 0.717) is 6.42 Å². The number of fused-ring (bicyclic) bond motifs is 1. The molecule has 2 aromatic rings. The summed E-state index contributed by atoms with van der Waals surface area (Å²) in [5.74, 6) is -0.689. The summed E-state index contributed by atoms with van der Waals surface area (Å²) >= 11 is 0. The van der Waals surface area contributed by atoms with Crippen molar-refractivity contribution in [3.8, 4) is 0 Å². The van der Waals surface area contributed by atoms with E-state index >= 15 is 4.39 Å². The van der Waals surface area contributed by atoms with Crippen molar-refractivity contribution in [3.63, 3.8) is 0 Å². The van der Waals surface area contributed by atoms with Crippen LogP contribution in [0, 0.1) is 5.92 Å². The second kappa shape index (κ2) is 7.31. The third-order valence-corrected chi connectivity index (χ3v) is 6.25. The lowest BCUT2D eigenvalue weighted by molar-refractivity contribution is -0.0611. The number of rotatable bonds is 6. The topological polar surface area (TPSA) is 145 Å². The number of nitrogens with two attached hydrogens (primary N) is 1. The highest BCUT2D eigenvalue weighted by molar-refractivity contribution is 7.52. The van der Waals surface area contributed by atoms with Crippen LogP contribution in [-0.4, -0.2) is 49.0 Å². The number of nitrogens with one attached hydrogen (secondary N) is 1. The highest BCUT2D eigenvalue weighted by atomic mass is 31.2. The van der Waals surface area contributed by atoms with Gasteiger partial charge >= 0.3 is 7.60 Å². The van der Waals surface area contributed by atoms with Crippen LogP contribution in [0.15, 0.2) is 11.1 Å². The van der Waals surface area contributed by atoms with E-state index in [0.717, 1.165) is 0 Å². The van der Waals surface area contributed by atoms with Crippen molar-refractivity contribution in [3.05, 3.63) is 16.7 Å². The molecule has 3 heterocycles. The van der Waals surface area contributed by atoms with Crippen molar-refractivity contribution >= 4 is 24.7 Å². The van der Waals surface area contributed by atoms with Crippen molar-refractivity contribution in [2.75, 3.05) is 11.9 Å². The van der Waals surface area contributed by atoms with E-state index in [4.69, 9.17) is 15.0 Å². The predicted octanol–water partition coefficient (Wildman–Crippen LogP) is 1.57. The molecule has 0 amide bonds. The van der Waals surface area contributed by atoms with Gasteiger partial charge < -0.3 is 19.9 Å². The van der Waals surface area contributed by atoms with Crippen molar-refractivity contribution in [2.45, 2.75) is 51.8 Å². The van der Waals surface area contributed by atoms with Gasteiger partial charge in [0.05, 0.1) is 18.5 Å². The average Bonchev–Trinajstić information content (AvgIpc) is 3.15. The highest BCUT2D eigenvalue weighted by Gasteiger charge is 2.48. The molecule has 2 aromatic heterocycles. The fourth-order valence-corrected chi connectivity index (χ4v) is 4.18. The minimum absolute atomic E-state index is 0.0200. The Morgan fingerprint density at radius 3 is 2.89 bits per heavy atom. The molecule has 6 unspecified atom stereocenters. The molecule has 0 spiro atoms. The Labute approximate surface area is 154 Å². The molecule has 12 heteroatoms. The molecule has 3 rings (SSSR count). The Hall–Kier alpha value is -1.81. The van der Waals surface area contributed by atoms with E-state index in [2.05, 4.69) is 15.0 Å². The number of hydrogen-bond donors (Lipinski definition) is 3. The average molecular weight is 403 g/mol. The van der Waals surface area contributed by atoms with Gasteiger partial charge in [-0.15, -0.1) is 0 Å². The van der Waals surface area contributed by atoms with Gasteiger partial charge in [0.25, 0.3) is 5.56 Å². The Morgan fingerprint density at radius 2 is 2.26 bits per heavy atom. The van der Waals surface area contributed by atoms with Crippen LogP contribution in [0.3, 0.4) is 0 Å². The Kier molecular flexibility index (Phi) is 5.40. The van der Waals surface area contributed by atoms with Crippen LogP contribution in [0.5, 0.6) is 0 Å². The van der Waals surface area contributed by atoms with Gasteiger partial charge in [0.15, 0.2) is 23.6 Å². The molecule has 1 fully saturated rings. The van der Waals surface area contributed by atoms with Gasteiger partial charge in [-0.25, -0.2) is 9.37 Å². The molecule has 1 aliphatic heterocycles. The lowest BCUT2D eigenvalue weighted by Gasteiger charge is -2.25. The van der Waals surface area contributed by atoms with Crippen molar-refractivity contribution in [1.29, 1.82) is 0 Å². The van der Waals surface area contributed by atoms with Crippen molar-refractivity contribution < 1.29 is 23.1 Å². The van der Waals surface area contributed by atoms with Crippen molar-refractivity contribution in [1.82, 2.24) is 19.5 Å². The number of hydrogen-bond acceptors (Lipinski definition) is 7. The van der Waals surface area contributed by atoms with Crippen molar-refractivity contribution in [2.24, 2.45) is 5.92 Å². The molecule has 0 bridgehead atoms. The molecule has 0 saturated carbocycles. The summed E-state index contributed by atoms with van der Waals surface area (Å²) in [7, 11) is -3.77. The normalized spacial score (nSPS) is 29.1. The first kappa shape index (κ1) is 19.9. The number of imidazole rings is 1. The monoisotopic (exact) mass is 403 g/mol. The Morgan fingerprint density at radius 1 is 1.56 bits per heavy atom. The van der Waals surface area contributed by atoms with Crippen LogP contribution < -0.4 is 11.3 Å². The minimum Gasteiger partial charge on any atom is -0.369 e. The summed E-state index contributed by atoms with van der Waals surface area (Å²) in [5, 5.41) is 0. The molecule has 0 radical (unpaired) electrons. The van der Waals surface area contributed by atoms with E-state index in [-0.39, 0.29) is 23.3 Å². The molecule has 150 valence electrons. The molecule has 10 nitrogen and oxygen atoms in total. The third kappa shape index (κ3) is 3.64. The van der Waals surface area contributed by atoms with E-state index in [9.17, 15) is 14.3 Å². The first-order valence-corrected chi connectivity index (χ1v) is 10.5. The van der Waals surface area contributed by atoms with Crippen LogP contribution in [0.4, 0.5) is 10.3 Å². The first-order valence-electron chi connectivity index (χ1n) is 8.70. The van der Waals surface area contributed by atoms with E-state index in [1.807, 2.05) is 0 Å². The number of halogens is 1. The maximum Gasteiger partial charge on any atom is 0.328 e. The number of anilines is 1. The van der Waals surface area contributed by atoms with Gasteiger partial charge in [-0.1, -0.05) is 13.8 Å². The van der Waals surface area contributed by atoms with Crippen LogP contribution >= 0.6 is 7.60 Å². The number of aromatic amines is 1. The zero-order valence-electron chi connectivity index (χ0n) is 15.2. The van der Waals surface area contributed by atoms with Gasteiger partial charge in [-0.05, 0) is 13.3 Å². The molecule has 27 heavy (non-hydrogen) atoms. The number of aromatic nitrogens is 4. The predicted molar refractivity (Wildman–Crippen MR) is 96.1 cm³/mol. The SMILES string of the molecule is CCC1C(F)C(n2cnc3c(=O)[nH]c(N)nc32)OC1C(C)OP(=O)(O)CC. The second-order valence-corrected chi connectivity index (χ2v) is 8.67. The zero-order valence-corrected chi connectivity index (χ0v) is 16.1. The number of ether oxygens (including phenoxy) is 1. The molecule has 1 aliphatic rings. The van der Waals surface area contributed by atoms with Crippen LogP contribution in [0.2, 0.25) is 0 Å². The molecule has 1 saturated heterocycles. The van der Waals surface area contributed by atoms with Crippen LogP contribution in [0.25, 0.3) is 11.2 Å². The third-order valence-electron chi connectivity index (χ3n) is 4.79. The second-order valence-electron chi connectivity index (χ2n) is 6.55. The Bertz CT molecular complexity index is 933. The quantitative estimate of drug-likeness (QED) is 0.616. The summed E-state index contributed by atoms with van der Waals surface area (Å²) in [4.78, 5) is 32.0. The molecule has 6 atom stereocenters.